The Labute approximate surface area is 235 Å². The third-order valence-electron chi connectivity index (χ3n) is 6.99. The van der Waals surface area contributed by atoms with Crippen molar-refractivity contribution in [3.8, 4) is 32.4 Å². The predicted molar refractivity (Wildman–Crippen MR) is 163 cm³/mol. The summed E-state index contributed by atoms with van der Waals surface area (Å²) in [6.07, 6.45) is 0. The Hall–Kier alpha value is -2.52. The number of hydrogen-bond acceptors (Lipinski definition) is 13. The van der Waals surface area contributed by atoms with Crippen LogP contribution in [0.4, 0.5) is 10.0 Å². The van der Waals surface area contributed by atoms with E-state index in [0.29, 0.717) is 13.2 Å². The van der Waals surface area contributed by atoms with Gasteiger partial charge in [-0.05, 0) is 12.1 Å². The minimum absolute atomic E-state index is 0.520. The maximum absolute atomic E-state index is 6.53. The second kappa shape index (κ2) is 6.72. The van der Waals surface area contributed by atoms with Crippen LogP contribution < -0.4 is 20.9 Å². The Balaban J connectivity index is 1.28. The molecule has 0 spiro atoms. The number of thiophene rings is 6. The molecule has 13 heteroatoms. The van der Waals surface area contributed by atoms with Gasteiger partial charge in [-0.25, -0.2) is 0 Å². The van der Waals surface area contributed by atoms with Gasteiger partial charge in [-0.2, -0.15) is 8.75 Å². The molecule has 0 saturated heterocycles. The molecule has 2 aliphatic rings. The molecule has 0 amide bonds. The van der Waals surface area contributed by atoms with Gasteiger partial charge in [0.15, 0.2) is 11.5 Å². The molecule has 4 N–H and O–H groups in total. The average Bonchev–Trinajstić information content (AvgIpc) is 3.70. The van der Waals surface area contributed by atoms with Crippen molar-refractivity contribution in [1.82, 2.24) is 8.75 Å². The van der Waals surface area contributed by atoms with E-state index >= 15 is 0 Å². The number of rotatable bonds is 0. The van der Waals surface area contributed by atoms with E-state index in [2.05, 4.69) is 12.1 Å². The molecule has 0 bridgehead atoms. The first-order chi connectivity index (χ1) is 18.1. The summed E-state index contributed by atoms with van der Waals surface area (Å²) in [5.41, 5.74) is 18.5. The molecule has 0 aliphatic carbocycles. The van der Waals surface area contributed by atoms with Crippen LogP contribution in [-0.4, -0.2) is 8.75 Å². The number of anilines is 2. The van der Waals surface area contributed by atoms with E-state index in [9.17, 15) is 0 Å². The predicted octanol–water partition coefficient (Wildman–Crippen LogP) is 8.96. The molecule has 0 fully saturated rings. The maximum Gasteiger partial charge on any atom is 0.173 e. The molecule has 180 valence electrons. The standard InChI is InChI=1S/C24H10N4O2S7/c25-9-1-7-21(33-9)23-19(31-7)5-3-29-15-11(17(5)35-23)13-14(28-37-27-13)12-16(15)30-4-6-18(12)36-24-20(6)32-8-2-10(26)34-22(8)24/h1-2H,3-4,25-26H2. The molecule has 9 heterocycles. The highest BCUT2D eigenvalue weighted by molar-refractivity contribution is 7.41. The van der Waals surface area contributed by atoms with Gasteiger partial charge in [0.1, 0.15) is 24.2 Å². The van der Waals surface area contributed by atoms with Crippen molar-refractivity contribution in [2.75, 3.05) is 11.5 Å². The zero-order valence-corrected chi connectivity index (χ0v) is 24.0. The monoisotopic (exact) mass is 610 g/mol. The van der Waals surface area contributed by atoms with E-state index in [-0.39, 0.29) is 0 Å². The van der Waals surface area contributed by atoms with Crippen LogP contribution >= 0.6 is 79.7 Å². The fourth-order valence-electron chi connectivity index (χ4n) is 5.50. The first-order valence-electron chi connectivity index (χ1n) is 11.2. The minimum Gasteiger partial charge on any atom is -0.484 e. The second-order valence-electron chi connectivity index (χ2n) is 8.97. The van der Waals surface area contributed by atoms with Gasteiger partial charge in [0.25, 0.3) is 0 Å². The Bertz CT molecular complexity index is 2140. The van der Waals surface area contributed by atoms with Crippen LogP contribution in [0.5, 0.6) is 11.5 Å². The number of ether oxygens (including phenoxy) is 2. The summed E-state index contributed by atoms with van der Waals surface area (Å²) in [6.45, 7) is 1.04. The van der Waals surface area contributed by atoms with Crippen LogP contribution in [0.3, 0.4) is 0 Å². The summed E-state index contributed by atoms with van der Waals surface area (Å²) < 4.78 is 32.9. The first-order valence-corrected chi connectivity index (χ1v) is 16.8. The van der Waals surface area contributed by atoms with Gasteiger partial charge in [-0.15, -0.1) is 68.0 Å². The summed E-state index contributed by atoms with van der Waals surface area (Å²) >= 11 is 11.8. The molecule has 6 nitrogen and oxygen atoms in total. The van der Waals surface area contributed by atoms with Gasteiger partial charge in [0.05, 0.1) is 61.1 Å². The fraction of sp³-hybridized carbons (Fsp3) is 0.0833. The molecule has 1 aromatic carbocycles. The molecule has 0 saturated carbocycles. The third-order valence-corrected chi connectivity index (χ3v) is 15.2. The SMILES string of the molecule is Nc1cc2sc3c4c(sc3c2s1)-c1c(c2c(c3nsnc13)-c1sc3c(sc5cc(N)sc53)c1CO2)OC4. The Morgan fingerprint density at radius 2 is 1.08 bits per heavy atom. The molecule has 0 atom stereocenters. The normalized spacial score (nSPS) is 14.4. The number of hydrogen-bond donors (Lipinski definition) is 2. The van der Waals surface area contributed by atoms with E-state index in [1.165, 1.54) is 70.2 Å². The molecule has 8 aromatic rings. The van der Waals surface area contributed by atoms with Crippen LogP contribution in [0.15, 0.2) is 12.1 Å². The Morgan fingerprint density at radius 1 is 0.595 bits per heavy atom. The fourth-order valence-corrected chi connectivity index (χ4v) is 14.2. The van der Waals surface area contributed by atoms with Crippen molar-refractivity contribution >= 4 is 138 Å². The number of aromatic nitrogens is 2. The lowest BCUT2D eigenvalue weighted by Gasteiger charge is -2.26. The van der Waals surface area contributed by atoms with Crippen LogP contribution in [0.25, 0.3) is 69.5 Å². The summed E-state index contributed by atoms with van der Waals surface area (Å²) in [4.78, 5) is 2.43. The number of nitrogens with two attached hydrogens (primary N) is 2. The topological polar surface area (TPSA) is 96.3 Å². The zero-order valence-electron chi connectivity index (χ0n) is 18.3. The largest absolute Gasteiger partial charge is 0.484 e. The summed E-state index contributed by atoms with van der Waals surface area (Å²) in [6, 6.07) is 4.16. The highest BCUT2D eigenvalue weighted by Gasteiger charge is 2.37. The maximum atomic E-state index is 6.53. The lowest BCUT2D eigenvalue weighted by atomic mass is 9.97. The summed E-state index contributed by atoms with van der Waals surface area (Å²) in [5, 5.41) is 1.71. The molecule has 0 unspecified atom stereocenters. The number of benzene rings is 1. The molecule has 0 radical (unpaired) electrons. The van der Waals surface area contributed by atoms with Crippen LogP contribution in [0.2, 0.25) is 0 Å². The number of fused-ring (bicyclic) bond motifs is 18. The Kier molecular flexibility index (Phi) is 3.71. The smallest absolute Gasteiger partial charge is 0.173 e. The van der Waals surface area contributed by atoms with Gasteiger partial charge < -0.3 is 20.9 Å². The van der Waals surface area contributed by atoms with E-state index in [4.69, 9.17) is 29.7 Å². The summed E-state index contributed by atoms with van der Waals surface area (Å²) in [5.74, 6) is 1.60. The van der Waals surface area contributed by atoms with Gasteiger partial charge in [-0.3, -0.25) is 0 Å². The van der Waals surface area contributed by atoms with Crippen LogP contribution in [0.1, 0.15) is 11.1 Å². The minimum atomic E-state index is 0.520. The van der Waals surface area contributed by atoms with E-state index < -0.39 is 0 Å². The van der Waals surface area contributed by atoms with Crippen LogP contribution in [-0.2, 0) is 13.2 Å². The molecule has 10 rings (SSSR count). The van der Waals surface area contributed by atoms with Crippen molar-refractivity contribution in [2.45, 2.75) is 13.2 Å². The molecule has 37 heavy (non-hydrogen) atoms. The van der Waals surface area contributed by atoms with Gasteiger partial charge >= 0.3 is 0 Å². The molecular weight excluding hydrogens is 601 g/mol. The van der Waals surface area contributed by atoms with Gasteiger partial charge in [-0.1, -0.05) is 0 Å². The zero-order chi connectivity index (χ0) is 24.2. The molecule has 7 aromatic heterocycles. The van der Waals surface area contributed by atoms with Crippen molar-refractivity contribution < 1.29 is 9.47 Å². The van der Waals surface area contributed by atoms with Crippen molar-refractivity contribution in [2.24, 2.45) is 0 Å². The molecular formula is C24H10N4O2S7. The lowest BCUT2D eigenvalue weighted by molar-refractivity contribution is 0.255. The van der Waals surface area contributed by atoms with E-state index in [0.717, 1.165) is 43.7 Å². The van der Waals surface area contributed by atoms with Crippen molar-refractivity contribution in [1.29, 1.82) is 0 Å². The highest BCUT2D eigenvalue weighted by atomic mass is 32.1. The van der Waals surface area contributed by atoms with Gasteiger partial charge in [0, 0.05) is 30.3 Å². The number of nitrogens with zero attached hydrogens (tertiary/aromatic N) is 2. The lowest BCUT2D eigenvalue weighted by Crippen LogP contribution is -2.10. The van der Waals surface area contributed by atoms with Crippen molar-refractivity contribution in [3.63, 3.8) is 0 Å². The number of nitrogen functional groups attached to an aromatic ring is 2. The summed E-state index contributed by atoms with van der Waals surface area (Å²) in [7, 11) is 0. The average molecular weight is 611 g/mol. The van der Waals surface area contributed by atoms with Gasteiger partial charge in [0.2, 0.25) is 0 Å². The first kappa shape index (κ1) is 20.4. The van der Waals surface area contributed by atoms with Crippen molar-refractivity contribution in [3.05, 3.63) is 23.3 Å². The molecule has 2 aliphatic heterocycles. The quantitative estimate of drug-likeness (QED) is 0.178. The van der Waals surface area contributed by atoms with E-state index in [1.54, 1.807) is 45.3 Å². The Morgan fingerprint density at radius 3 is 1.57 bits per heavy atom. The highest BCUT2D eigenvalue weighted by Crippen LogP contribution is 2.61. The van der Waals surface area contributed by atoms with Crippen LogP contribution in [0, 0.1) is 0 Å². The second-order valence-corrected chi connectivity index (χ2v) is 15.8. The third kappa shape index (κ3) is 2.40. The van der Waals surface area contributed by atoms with E-state index in [1.807, 2.05) is 22.7 Å².